The largest absolute Gasteiger partial charge is 0.342 e. The van der Waals surface area contributed by atoms with Crippen molar-refractivity contribution in [1.82, 2.24) is 15.5 Å². The van der Waals surface area contributed by atoms with Gasteiger partial charge in [0.15, 0.2) is 0 Å². The second kappa shape index (κ2) is 9.80. The maximum atomic E-state index is 12.0. The summed E-state index contributed by atoms with van der Waals surface area (Å²) in [5.74, 6) is 0.244. The molecular formula is C19H28BrN3O2. The number of halogens is 1. The van der Waals surface area contributed by atoms with Crippen LogP contribution in [0.2, 0.25) is 0 Å². The average molecular weight is 410 g/mol. The van der Waals surface area contributed by atoms with Crippen molar-refractivity contribution >= 4 is 27.9 Å². The lowest BCUT2D eigenvalue weighted by Gasteiger charge is -2.33. The molecule has 2 rings (SSSR count). The molecule has 2 N–H and O–H groups in total. The van der Waals surface area contributed by atoms with Crippen LogP contribution in [0.5, 0.6) is 0 Å². The molecule has 0 aliphatic carbocycles. The molecule has 1 aromatic rings. The van der Waals surface area contributed by atoms with Gasteiger partial charge in [0.25, 0.3) is 0 Å². The molecule has 0 aromatic heterocycles. The first-order valence-electron chi connectivity index (χ1n) is 9.03. The van der Waals surface area contributed by atoms with Crippen LogP contribution < -0.4 is 10.6 Å². The van der Waals surface area contributed by atoms with Crippen LogP contribution in [0.25, 0.3) is 0 Å². The van der Waals surface area contributed by atoms with E-state index in [0.717, 1.165) is 43.2 Å². The number of hydrogen-bond acceptors (Lipinski definition) is 2. The number of nitrogens with one attached hydrogen (secondary N) is 2. The van der Waals surface area contributed by atoms with E-state index in [4.69, 9.17) is 0 Å². The van der Waals surface area contributed by atoms with E-state index in [0.29, 0.717) is 6.54 Å². The van der Waals surface area contributed by atoms with Crippen LogP contribution in [0.1, 0.15) is 38.7 Å². The number of rotatable bonds is 6. The lowest BCUT2D eigenvalue weighted by molar-refractivity contribution is -0.135. The lowest BCUT2D eigenvalue weighted by atomic mass is 10.0. The Morgan fingerprint density at radius 1 is 1.28 bits per heavy atom. The Morgan fingerprint density at radius 2 is 2.00 bits per heavy atom. The highest BCUT2D eigenvalue weighted by molar-refractivity contribution is 9.10. The molecule has 1 saturated heterocycles. The standard InChI is InChI=1S/C19H28BrN3O2/c1-14(2)18(24)23-11-8-17(9-12-23)22-19(25)21-10-4-6-15-5-3-7-16(20)13-15/h3,5,7,13-14,17H,4,6,8-12H2,1-2H3,(H2,21,22,25). The maximum Gasteiger partial charge on any atom is 0.315 e. The number of likely N-dealkylation sites (tertiary alicyclic amines) is 1. The van der Waals surface area contributed by atoms with E-state index >= 15 is 0 Å². The molecule has 0 saturated carbocycles. The minimum atomic E-state index is -0.108. The summed E-state index contributed by atoms with van der Waals surface area (Å²) in [5.41, 5.74) is 1.26. The zero-order chi connectivity index (χ0) is 18.2. The Balaban J connectivity index is 1.60. The van der Waals surface area contributed by atoms with Gasteiger partial charge in [-0.05, 0) is 43.4 Å². The van der Waals surface area contributed by atoms with Crippen LogP contribution in [0.15, 0.2) is 28.7 Å². The van der Waals surface area contributed by atoms with Crippen LogP contribution in [-0.2, 0) is 11.2 Å². The minimum absolute atomic E-state index is 0.0399. The summed E-state index contributed by atoms with van der Waals surface area (Å²) >= 11 is 3.47. The molecule has 3 amide bonds. The summed E-state index contributed by atoms with van der Waals surface area (Å²) in [5, 5.41) is 5.94. The van der Waals surface area contributed by atoms with Gasteiger partial charge in [0.05, 0.1) is 0 Å². The molecule has 5 nitrogen and oxygen atoms in total. The summed E-state index contributed by atoms with van der Waals surface area (Å²) in [4.78, 5) is 25.9. The normalized spacial score (nSPS) is 15.3. The zero-order valence-corrected chi connectivity index (χ0v) is 16.6. The first kappa shape index (κ1) is 19.8. The van der Waals surface area contributed by atoms with Crippen LogP contribution >= 0.6 is 15.9 Å². The molecule has 138 valence electrons. The number of carbonyl (C=O) groups is 2. The topological polar surface area (TPSA) is 61.4 Å². The third-order valence-electron chi connectivity index (χ3n) is 4.45. The number of amides is 3. The van der Waals surface area contributed by atoms with Crippen molar-refractivity contribution in [3.63, 3.8) is 0 Å². The first-order chi connectivity index (χ1) is 12.0. The van der Waals surface area contributed by atoms with Gasteiger partial charge in [0, 0.05) is 36.1 Å². The molecule has 1 fully saturated rings. The van der Waals surface area contributed by atoms with E-state index in [9.17, 15) is 9.59 Å². The fourth-order valence-corrected chi connectivity index (χ4v) is 3.48. The van der Waals surface area contributed by atoms with Gasteiger partial charge < -0.3 is 15.5 Å². The number of hydrogen-bond donors (Lipinski definition) is 2. The fourth-order valence-electron chi connectivity index (χ4n) is 3.03. The number of urea groups is 1. The molecule has 1 aliphatic heterocycles. The third kappa shape index (κ3) is 6.69. The Labute approximate surface area is 158 Å². The molecule has 1 heterocycles. The Morgan fingerprint density at radius 3 is 2.64 bits per heavy atom. The second-order valence-corrected chi connectivity index (χ2v) is 7.80. The van der Waals surface area contributed by atoms with Gasteiger partial charge in [-0.2, -0.15) is 0 Å². The van der Waals surface area contributed by atoms with Crippen LogP contribution in [0.4, 0.5) is 4.79 Å². The molecule has 6 heteroatoms. The monoisotopic (exact) mass is 409 g/mol. The number of piperidine rings is 1. The van der Waals surface area contributed by atoms with Gasteiger partial charge in [-0.3, -0.25) is 4.79 Å². The highest BCUT2D eigenvalue weighted by Gasteiger charge is 2.24. The molecule has 1 aliphatic rings. The number of nitrogens with zero attached hydrogens (tertiary/aromatic N) is 1. The van der Waals surface area contributed by atoms with Gasteiger partial charge in [-0.15, -0.1) is 0 Å². The van der Waals surface area contributed by atoms with Gasteiger partial charge in [-0.1, -0.05) is 41.9 Å². The number of carbonyl (C=O) groups excluding carboxylic acids is 2. The second-order valence-electron chi connectivity index (χ2n) is 6.89. The van der Waals surface area contributed by atoms with Crippen molar-refractivity contribution in [3.8, 4) is 0 Å². The van der Waals surface area contributed by atoms with Crippen molar-refractivity contribution in [3.05, 3.63) is 34.3 Å². The van der Waals surface area contributed by atoms with Crippen molar-refractivity contribution < 1.29 is 9.59 Å². The predicted molar refractivity (Wildman–Crippen MR) is 103 cm³/mol. The molecule has 0 spiro atoms. The summed E-state index contributed by atoms with van der Waals surface area (Å²) < 4.78 is 1.08. The Hall–Kier alpha value is -1.56. The summed E-state index contributed by atoms with van der Waals surface area (Å²) in [6.45, 7) is 5.96. The van der Waals surface area contributed by atoms with E-state index in [2.05, 4.69) is 38.7 Å². The Kier molecular flexibility index (Phi) is 7.75. The maximum absolute atomic E-state index is 12.0. The average Bonchev–Trinajstić information content (AvgIpc) is 2.59. The van der Waals surface area contributed by atoms with Gasteiger partial charge in [0.2, 0.25) is 5.91 Å². The minimum Gasteiger partial charge on any atom is -0.342 e. The Bertz CT molecular complexity index is 584. The molecule has 0 bridgehead atoms. The highest BCUT2D eigenvalue weighted by atomic mass is 79.9. The van der Waals surface area contributed by atoms with Gasteiger partial charge in [0.1, 0.15) is 0 Å². The summed E-state index contributed by atoms with van der Waals surface area (Å²) in [6, 6.07) is 8.28. The molecule has 25 heavy (non-hydrogen) atoms. The molecular weight excluding hydrogens is 382 g/mol. The molecule has 0 unspecified atom stereocenters. The summed E-state index contributed by atoms with van der Waals surface area (Å²) in [7, 11) is 0. The molecule has 0 radical (unpaired) electrons. The highest BCUT2D eigenvalue weighted by Crippen LogP contribution is 2.14. The van der Waals surface area contributed by atoms with Crippen LogP contribution in [0, 0.1) is 5.92 Å². The summed E-state index contributed by atoms with van der Waals surface area (Å²) in [6.07, 6.45) is 3.49. The smallest absolute Gasteiger partial charge is 0.315 e. The molecule has 0 atom stereocenters. The van der Waals surface area contributed by atoms with Crippen molar-refractivity contribution in [1.29, 1.82) is 0 Å². The van der Waals surface area contributed by atoms with E-state index in [1.54, 1.807) is 0 Å². The van der Waals surface area contributed by atoms with Crippen molar-refractivity contribution in [2.75, 3.05) is 19.6 Å². The quantitative estimate of drug-likeness (QED) is 0.707. The predicted octanol–water partition coefficient (Wildman–Crippen LogP) is 3.33. The van der Waals surface area contributed by atoms with Crippen molar-refractivity contribution in [2.24, 2.45) is 5.92 Å². The van der Waals surface area contributed by atoms with E-state index in [-0.39, 0.29) is 23.9 Å². The SMILES string of the molecule is CC(C)C(=O)N1CCC(NC(=O)NCCCc2cccc(Br)c2)CC1. The van der Waals surface area contributed by atoms with Gasteiger partial charge >= 0.3 is 6.03 Å². The van der Waals surface area contributed by atoms with Gasteiger partial charge in [-0.25, -0.2) is 4.79 Å². The van der Waals surface area contributed by atoms with Crippen molar-refractivity contribution in [2.45, 2.75) is 45.6 Å². The number of aryl methyl sites for hydroxylation is 1. The molecule has 1 aromatic carbocycles. The lowest BCUT2D eigenvalue weighted by Crippen LogP contribution is -2.49. The van der Waals surface area contributed by atoms with E-state index < -0.39 is 0 Å². The van der Waals surface area contributed by atoms with Crippen LogP contribution in [-0.4, -0.2) is 42.5 Å². The fraction of sp³-hybridized carbons (Fsp3) is 0.579. The third-order valence-corrected chi connectivity index (χ3v) is 4.95. The first-order valence-corrected chi connectivity index (χ1v) is 9.82. The van der Waals surface area contributed by atoms with Crippen LogP contribution in [0.3, 0.4) is 0 Å². The van der Waals surface area contributed by atoms with E-state index in [1.807, 2.05) is 30.9 Å². The number of benzene rings is 1. The zero-order valence-electron chi connectivity index (χ0n) is 15.1. The van der Waals surface area contributed by atoms with E-state index in [1.165, 1.54) is 5.56 Å².